The van der Waals surface area contributed by atoms with E-state index in [2.05, 4.69) is 10.1 Å². The van der Waals surface area contributed by atoms with E-state index in [9.17, 15) is 9.18 Å². The van der Waals surface area contributed by atoms with Crippen LogP contribution in [-0.2, 0) is 6.42 Å². The maximum absolute atomic E-state index is 13.1. The van der Waals surface area contributed by atoms with E-state index in [1.165, 1.54) is 41.6 Å². The topological polar surface area (TPSA) is 47.8 Å². The number of nitrogens with zero attached hydrogens (tertiary/aromatic N) is 3. The van der Waals surface area contributed by atoms with Gasteiger partial charge in [-0.2, -0.15) is 5.10 Å². The summed E-state index contributed by atoms with van der Waals surface area (Å²) in [7, 11) is 0. The van der Waals surface area contributed by atoms with E-state index in [1.807, 2.05) is 0 Å². The summed E-state index contributed by atoms with van der Waals surface area (Å²) >= 11 is 12.0. The molecule has 1 atom stereocenters. The Kier molecular flexibility index (Phi) is 4.92. The Balaban J connectivity index is 1.93. The van der Waals surface area contributed by atoms with Crippen molar-refractivity contribution in [3.8, 4) is 0 Å². The lowest BCUT2D eigenvalue weighted by Gasteiger charge is -2.16. The molecule has 0 radical (unpaired) electrons. The standard InChI is InChI=1S/C17H12Cl2FN3O/c18-14-6-1-11(7-15(14)19)8-16(23-10-21-9-22-23)17(24)12-2-4-13(20)5-3-12/h1-7,9-10,16H,8H2. The second kappa shape index (κ2) is 7.11. The molecule has 0 bridgehead atoms. The van der Waals surface area contributed by atoms with Gasteiger partial charge in [0.2, 0.25) is 0 Å². The molecule has 0 saturated heterocycles. The maximum atomic E-state index is 13.1. The number of ketones is 1. The Labute approximate surface area is 147 Å². The van der Waals surface area contributed by atoms with Gasteiger partial charge in [0.25, 0.3) is 0 Å². The van der Waals surface area contributed by atoms with Crippen molar-refractivity contribution in [1.82, 2.24) is 14.8 Å². The van der Waals surface area contributed by atoms with Crippen LogP contribution in [0.2, 0.25) is 10.0 Å². The van der Waals surface area contributed by atoms with Crippen molar-refractivity contribution in [3.63, 3.8) is 0 Å². The van der Waals surface area contributed by atoms with Gasteiger partial charge >= 0.3 is 0 Å². The molecular formula is C17H12Cl2FN3O. The predicted octanol–water partition coefficient (Wildman–Crippen LogP) is 4.39. The van der Waals surface area contributed by atoms with Crippen molar-refractivity contribution in [1.29, 1.82) is 0 Å². The van der Waals surface area contributed by atoms with Gasteiger partial charge in [-0.1, -0.05) is 29.3 Å². The minimum Gasteiger partial charge on any atom is -0.292 e. The fourth-order valence-electron chi connectivity index (χ4n) is 2.38. The molecule has 3 aromatic rings. The third-order valence-corrected chi connectivity index (χ3v) is 4.34. The molecule has 1 unspecified atom stereocenters. The molecule has 122 valence electrons. The highest BCUT2D eigenvalue weighted by Crippen LogP contribution is 2.26. The third-order valence-electron chi connectivity index (χ3n) is 3.60. The van der Waals surface area contributed by atoms with Gasteiger partial charge in [-0.15, -0.1) is 0 Å². The Morgan fingerprint density at radius 2 is 1.88 bits per heavy atom. The summed E-state index contributed by atoms with van der Waals surface area (Å²) in [5.74, 6) is -0.583. The van der Waals surface area contributed by atoms with Gasteiger partial charge < -0.3 is 0 Å². The van der Waals surface area contributed by atoms with Crippen molar-refractivity contribution in [2.24, 2.45) is 0 Å². The predicted molar refractivity (Wildman–Crippen MR) is 90.0 cm³/mol. The monoisotopic (exact) mass is 363 g/mol. The molecule has 3 rings (SSSR count). The van der Waals surface area contributed by atoms with Crippen molar-refractivity contribution in [3.05, 3.63) is 82.1 Å². The zero-order valence-electron chi connectivity index (χ0n) is 12.4. The van der Waals surface area contributed by atoms with E-state index >= 15 is 0 Å². The van der Waals surface area contributed by atoms with Crippen LogP contribution in [0.4, 0.5) is 4.39 Å². The smallest absolute Gasteiger partial charge is 0.187 e. The first-order valence-electron chi connectivity index (χ1n) is 7.12. The van der Waals surface area contributed by atoms with Crippen LogP contribution in [0.3, 0.4) is 0 Å². The fourth-order valence-corrected chi connectivity index (χ4v) is 2.70. The average molecular weight is 364 g/mol. The van der Waals surface area contributed by atoms with E-state index in [-0.39, 0.29) is 5.78 Å². The summed E-state index contributed by atoms with van der Waals surface area (Å²) in [5, 5.41) is 4.93. The van der Waals surface area contributed by atoms with Crippen molar-refractivity contribution >= 4 is 29.0 Å². The summed E-state index contributed by atoms with van der Waals surface area (Å²) in [4.78, 5) is 16.7. The number of hydrogen-bond acceptors (Lipinski definition) is 3. The quantitative estimate of drug-likeness (QED) is 0.631. The number of hydrogen-bond donors (Lipinski definition) is 0. The van der Waals surface area contributed by atoms with E-state index < -0.39 is 11.9 Å². The zero-order chi connectivity index (χ0) is 17.1. The lowest BCUT2D eigenvalue weighted by Crippen LogP contribution is -2.22. The van der Waals surface area contributed by atoms with Gasteiger partial charge in [-0.3, -0.25) is 4.79 Å². The van der Waals surface area contributed by atoms with Crippen LogP contribution < -0.4 is 0 Å². The molecule has 1 aromatic heterocycles. The molecule has 0 fully saturated rings. The zero-order valence-corrected chi connectivity index (χ0v) is 13.9. The second-order valence-corrected chi connectivity index (χ2v) is 6.03. The minimum atomic E-state index is -0.616. The molecule has 0 aliphatic rings. The summed E-state index contributed by atoms with van der Waals surface area (Å²) in [6.07, 6.45) is 3.19. The molecule has 0 N–H and O–H groups in total. The Hall–Kier alpha value is -2.24. The minimum absolute atomic E-state index is 0.188. The SMILES string of the molecule is O=C(c1ccc(F)cc1)C(Cc1ccc(Cl)c(Cl)c1)n1cncn1. The number of rotatable bonds is 5. The van der Waals surface area contributed by atoms with Gasteiger partial charge in [0.1, 0.15) is 24.5 Å². The van der Waals surface area contributed by atoms with Gasteiger partial charge in [-0.05, 0) is 42.0 Å². The van der Waals surface area contributed by atoms with Crippen molar-refractivity contribution < 1.29 is 9.18 Å². The number of carbonyl (C=O) groups is 1. The fraction of sp³-hybridized carbons (Fsp3) is 0.118. The van der Waals surface area contributed by atoms with Crippen LogP contribution in [0, 0.1) is 5.82 Å². The van der Waals surface area contributed by atoms with Gasteiger partial charge in [0, 0.05) is 12.0 Å². The van der Waals surface area contributed by atoms with Gasteiger partial charge in [0.15, 0.2) is 5.78 Å². The summed E-state index contributed by atoms with van der Waals surface area (Å²) in [6.45, 7) is 0. The van der Waals surface area contributed by atoms with Crippen LogP contribution >= 0.6 is 23.2 Å². The van der Waals surface area contributed by atoms with E-state index in [0.717, 1.165) is 5.56 Å². The first-order valence-corrected chi connectivity index (χ1v) is 7.88. The number of benzene rings is 2. The van der Waals surface area contributed by atoms with E-state index in [0.29, 0.717) is 22.0 Å². The Morgan fingerprint density at radius 3 is 2.50 bits per heavy atom. The highest BCUT2D eigenvalue weighted by Gasteiger charge is 2.23. The maximum Gasteiger partial charge on any atom is 0.187 e. The number of aromatic nitrogens is 3. The van der Waals surface area contributed by atoms with Gasteiger partial charge in [-0.25, -0.2) is 14.1 Å². The van der Waals surface area contributed by atoms with Gasteiger partial charge in [0.05, 0.1) is 10.0 Å². The summed E-state index contributed by atoms with van der Waals surface area (Å²) < 4.78 is 14.6. The van der Waals surface area contributed by atoms with E-state index in [1.54, 1.807) is 18.2 Å². The Morgan fingerprint density at radius 1 is 1.12 bits per heavy atom. The third kappa shape index (κ3) is 3.63. The van der Waals surface area contributed by atoms with Crippen molar-refractivity contribution in [2.75, 3.05) is 0 Å². The summed E-state index contributed by atoms with van der Waals surface area (Å²) in [5.41, 5.74) is 1.23. The summed E-state index contributed by atoms with van der Waals surface area (Å²) in [6, 6.07) is 10.00. The molecule has 0 amide bonds. The van der Waals surface area contributed by atoms with E-state index in [4.69, 9.17) is 23.2 Å². The number of Topliss-reactive ketones (excluding diaryl/α,β-unsaturated/α-hetero) is 1. The molecule has 24 heavy (non-hydrogen) atoms. The molecule has 2 aromatic carbocycles. The molecule has 1 heterocycles. The van der Waals surface area contributed by atoms with Crippen LogP contribution in [-0.4, -0.2) is 20.5 Å². The second-order valence-electron chi connectivity index (χ2n) is 5.22. The van der Waals surface area contributed by atoms with Crippen LogP contribution in [0.5, 0.6) is 0 Å². The van der Waals surface area contributed by atoms with Crippen LogP contribution in [0.25, 0.3) is 0 Å². The lowest BCUT2D eigenvalue weighted by atomic mass is 9.98. The lowest BCUT2D eigenvalue weighted by molar-refractivity contribution is 0.0916. The number of carbonyl (C=O) groups excluding carboxylic acids is 1. The average Bonchev–Trinajstić information content (AvgIpc) is 3.10. The number of halogens is 3. The molecular weight excluding hydrogens is 352 g/mol. The first-order chi connectivity index (χ1) is 11.5. The first kappa shape index (κ1) is 16.6. The molecule has 0 aliphatic heterocycles. The molecule has 0 saturated carbocycles. The van der Waals surface area contributed by atoms with Crippen LogP contribution in [0.1, 0.15) is 22.0 Å². The molecule has 0 spiro atoms. The molecule has 0 aliphatic carbocycles. The van der Waals surface area contributed by atoms with Crippen LogP contribution in [0.15, 0.2) is 55.1 Å². The highest BCUT2D eigenvalue weighted by atomic mass is 35.5. The normalized spacial score (nSPS) is 12.1. The highest BCUT2D eigenvalue weighted by molar-refractivity contribution is 6.42. The van der Waals surface area contributed by atoms with Crippen molar-refractivity contribution in [2.45, 2.75) is 12.5 Å². The largest absolute Gasteiger partial charge is 0.292 e. The Bertz CT molecular complexity index is 851. The molecule has 4 nitrogen and oxygen atoms in total. The molecule has 7 heteroatoms.